The molecule has 0 saturated heterocycles. The maximum atomic E-state index is 11.8. The van der Waals surface area contributed by atoms with Gasteiger partial charge in [-0.2, -0.15) is 5.26 Å². The lowest BCUT2D eigenvalue weighted by Gasteiger charge is -2.24. The van der Waals surface area contributed by atoms with Crippen LogP contribution < -0.4 is 10.2 Å². The van der Waals surface area contributed by atoms with E-state index in [1.807, 2.05) is 26.8 Å². The van der Waals surface area contributed by atoms with Gasteiger partial charge in [-0.3, -0.25) is 9.59 Å². The molecule has 0 aromatic heterocycles. The predicted octanol–water partition coefficient (Wildman–Crippen LogP) is 2.22. The molecule has 112 valence electrons. The van der Waals surface area contributed by atoms with Crippen molar-refractivity contribution in [1.82, 2.24) is 5.32 Å². The number of nitrogens with one attached hydrogen (secondary N) is 1. The highest BCUT2D eigenvalue weighted by atomic mass is 16.2. The first-order chi connectivity index (χ1) is 9.73. The molecule has 0 heterocycles. The maximum absolute atomic E-state index is 11.8. The van der Waals surface area contributed by atoms with Gasteiger partial charge in [-0.25, -0.2) is 0 Å². The van der Waals surface area contributed by atoms with E-state index in [0.29, 0.717) is 17.8 Å². The summed E-state index contributed by atoms with van der Waals surface area (Å²) in [5.41, 5.74) is 0.935. The van der Waals surface area contributed by atoms with E-state index in [1.54, 1.807) is 24.3 Å². The first kappa shape index (κ1) is 16.7. The number of amides is 2. The number of hydrogen-bond acceptors (Lipinski definition) is 3. The summed E-state index contributed by atoms with van der Waals surface area (Å²) in [5, 5.41) is 11.6. The molecular weight excluding hydrogens is 266 g/mol. The fraction of sp³-hybridized carbons (Fsp3) is 0.438. The Morgan fingerprint density at radius 2 is 1.81 bits per heavy atom. The minimum atomic E-state index is -0.285. The van der Waals surface area contributed by atoms with E-state index in [1.165, 1.54) is 11.8 Å². The molecular formula is C16H21N3O2. The molecule has 0 fully saturated rings. The molecule has 0 atom stereocenters. The fourth-order valence-electron chi connectivity index (χ4n) is 1.88. The Hall–Kier alpha value is -2.35. The third kappa shape index (κ3) is 5.65. The van der Waals surface area contributed by atoms with Crippen molar-refractivity contribution in [2.24, 2.45) is 0 Å². The zero-order valence-electron chi connectivity index (χ0n) is 12.9. The Labute approximate surface area is 125 Å². The summed E-state index contributed by atoms with van der Waals surface area (Å²) in [5.74, 6) is -0.231. The number of carbonyl (C=O) groups is 2. The van der Waals surface area contributed by atoms with Crippen LogP contribution in [-0.4, -0.2) is 23.9 Å². The molecule has 5 heteroatoms. The largest absolute Gasteiger partial charge is 0.351 e. The highest BCUT2D eigenvalue weighted by Gasteiger charge is 2.17. The maximum Gasteiger partial charge on any atom is 0.223 e. The molecule has 0 aliphatic carbocycles. The number of benzene rings is 1. The molecule has 0 saturated carbocycles. The number of anilines is 1. The third-order valence-electron chi connectivity index (χ3n) is 2.77. The lowest BCUT2D eigenvalue weighted by Crippen LogP contribution is -2.42. The van der Waals surface area contributed by atoms with E-state index in [9.17, 15) is 9.59 Å². The minimum Gasteiger partial charge on any atom is -0.351 e. The zero-order valence-corrected chi connectivity index (χ0v) is 12.9. The molecule has 5 nitrogen and oxygen atoms in total. The molecule has 2 amide bonds. The van der Waals surface area contributed by atoms with Crippen molar-refractivity contribution in [3.8, 4) is 6.07 Å². The van der Waals surface area contributed by atoms with Crippen LogP contribution in [0.4, 0.5) is 5.69 Å². The van der Waals surface area contributed by atoms with Gasteiger partial charge in [0.25, 0.3) is 0 Å². The van der Waals surface area contributed by atoms with E-state index in [2.05, 4.69) is 5.32 Å². The average Bonchev–Trinajstić information content (AvgIpc) is 2.37. The minimum absolute atomic E-state index is 0.0950. The topological polar surface area (TPSA) is 73.2 Å². The van der Waals surface area contributed by atoms with Crippen LogP contribution in [0.1, 0.15) is 39.7 Å². The summed E-state index contributed by atoms with van der Waals surface area (Å²) < 4.78 is 0. The highest BCUT2D eigenvalue weighted by molar-refractivity contribution is 5.92. The summed E-state index contributed by atoms with van der Waals surface area (Å²) in [6.07, 6.45) is 0.233. The Morgan fingerprint density at radius 3 is 2.24 bits per heavy atom. The van der Waals surface area contributed by atoms with Gasteiger partial charge in [-0.1, -0.05) is 0 Å². The molecule has 0 radical (unpaired) electrons. The molecule has 1 aromatic carbocycles. The second-order valence-corrected chi connectivity index (χ2v) is 5.88. The van der Waals surface area contributed by atoms with Crippen molar-refractivity contribution >= 4 is 17.5 Å². The second kappa shape index (κ2) is 6.89. The molecule has 0 bridgehead atoms. The van der Waals surface area contributed by atoms with Gasteiger partial charge < -0.3 is 10.2 Å². The van der Waals surface area contributed by atoms with E-state index in [4.69, 9.17) is 5.26 Å². The highest BCUT2D eigenvalue weighted by Crippen LogP contribution is 2.16. The fourth-order valence-corrected chi connectivity index (χ4v) is 1.88. The predicted molar refractivity (Wildman–Crippen MR) is 81.7 cm³/mol. The van der Waals surface area contributed by atoms with Crippen LogP contribution in [0, 0.1) is 11.3 Å². The smallest absolute Gasteiger partial charge is 0.223 e. The Balaban J connectivity index is 2.72. The van der Waals surface area contributed by atoms with E-state index in [0.717, 1.165) is 0 Å². The molecule has 0 aliphatic heterocycles. The van der Waals surface area contributed by atoms with Crippen molar-refractivity contribution in [1.29, 1.82) is 5.26 Å². The number of carbonyl (C=O) groups excluding carboxylic acids is 2. The molecule has 1 aromatic rings. The summed E-state index contributed by atoms with van der Waals surface area (Å²) in [6, 6.07) is 8.76. The van der Waals surface area contributed by atoms with Gasteiger partial charge in [0, 0.05) is 31.1 Å². The van der Waals surface area contributed by atoms with Gasteiger partial charge in [0.1, 0.15) is 0 Å². The van der Waals surface area contributed by atoms with Gasteiger partial charge in [0.05, 0.1) is 11.6 Å². The van der Waals surface area contributed by atoms with Crippen molar-refractivity contribution < 1.29 is 9.59 Å². The number of rotatable bonds is 4. The molecule has 21 heavy (non-hydrogen) atoms. The molecule has 1 rings (SSSR count). The van der Waals surface area contributed by atoms with Crippen LogP contribution in [0.15, 0.2) is 24.3 Å². The van der Waals surface area contributed by atoms with E-state index >= 15 is 0 Å². The SMILES string of the molecule is CC(=O)N(CCC(=O)NC(C)(C)C)c1ccc(C#N)cc1. The molecule has 1 N–H and O–H groups in total. The van der Waals surface area contributed by atoms with Crippen LogP contribution in [-0.2, 0) is 9.59 Å². The van der Waals surface area contributed by atoms with Crippen LogP contribution in [0.2, 0.25) is 0 Å². The second-order valence-electron chi connectivity index (χ2n) is 5.88. The van der Waals surface area contributed by atoms with Crippen molar-refractivity contribution in [3.05, 3.63) is 29.8 Å². The van der Waals surface area contributed by atoms with Gasteiger partial charge in [0.2, 0.25) is 11.8 Å². The molecule has 0 unspecified atom stereocenters. The lowest BCUT2D eigenvalue weighted by molar-refractivity contribution is -0.122. The Morgan fingerprint density at radius 1 is 1.24 bits per heavy atom. The summed E-state index contributed by atoms with van der Waals surface area (Å²) in [6.45, 7) is 7.50. The van der Waals surface area contributed by atoms with Crippen LogP contribution in [0.5, 0.6) is 0 Å². The van der Waals surface area contributed by atoms with Crippen LogP contribution in [0.3, 0.4) is 0 Å². The Bertz CT molecular complexity index is 550. The van der Waals surface area contributed by atoms with E-state index < -0.39 is 0 Å². The number of nitriles is 1. The standard InChI is InChI=1S/C16H21N3O2/c1-12(20)19(10-9-15(21)18-16(2,3)4)14-7-5-13(11-17)6-8-14/h5-8H,9-10H2,1-4H3,(H,18,21). The molecule has 0 spiro atoms. The van der Waals surface area contributed by atoms with Crippen LogP contribution >= 0.6 is 0 Å². The van der Waals surface area contributed by atoms with E-state index in [-0.39, 0.29) is 23.8 Å². The quantitative estimate of drug-likeness (QED) is 0.922. The first-order valence-corrected chi connectivity index (χ1v) is 6.82. The van der Waals surface area contributed by atoms with Crippen molar-refractivity contribution in [2.75, 3.05) is 11.4 Å². The monoisotopic (exact) mass is 287 g/mol. The third-order valence-corrected chi connectivity index (χ3v) is 2.77. The number of nitrogens with zero attached hydrogens (tertiary/aromatic N) is 2. The lowest BCUT2D eigenvalue weighted by atomic mass is 10.1. The number of hydrogen-bond donors (Lipinski definition) is 1. The summed E-state index contributed by atoms with van der Waals surface area (Å²) >= 11 is 0. The van der Waals surface area contributed by atoms with Crippen molar-refractivity contribution in [3.63, 3.8) is 0 Å². The van der Waals surface area contributed by atoms with Crippen molar-refractivity contribution in [2.45, 2.75) is 39.7 Å². The average molecular weight is 287 g/mol. The van der Waals surface area contributed by atoms with Gasteiger partial charge in [-0.05, 0) is 45.0 Å². The van der Waals surface area contributed by atoms with Crippen LogP contribution in [0.25, 0.3) is 0 Å². The normalized spacial score (nSPS) is 10.6. The summed E-state index contributed by atoms with van der Waals surface area (Å²) in [4.78, 5) is 25.1. The zero-order chi connectivity index (χ0) is 16.0. The van der Waals surface area contributed by atoms with Gasteiger partial charge >= 0.3 is 0 Å². The Kier molecular flexibility index (Phi) is 5.48. The first-order valence-electron chi connectivity index (χ1n) is 6.82. The summed E-state index contributed by atoms with van der Waals surface area (Å²) in [7, 11) is 0. The molecule has 0 aliphatic rings. The van der Waals surface area contributed by atoms with Gasteiger partial charge in [-0.15, -0.1) is 0 Å². The van der Waals surface area contributed by atoms with Gasteiger partial charge in [0.15, 0.2) is 0 Å².